The van der Waals surface area contributed by atoms with Gasteiger partial charge < -0.3 is 4.98 Å². The van der Waals surface area contributed by atoms with E-state index in [1.165, 1.54) is 42.7 Å². The Labute approximate surface area is 199 Å². The topological polar surface area (TPSA) is 58.3 Å². The fraction of sp³-hybridized carbons (Fsp3) is 0.0833. The first-order valence-corrected chi connectivity index (χ1v) is 10.6. The maximum absolute atomic E-state index is 14.1. The number of pyridine rings is 1. The van der Waals surface area contributed by atoms with Crippen LogP contribution in [-0.4, -0.2) is 20.1 Å². The van der Waals surface area contributed by atoms with Crippen LogP contribution < -0.4 is 4.68 Å². The number of alkyl halides is 3. The van der Waals surface area contributed by atoms with E-state index < -0.39 is 23.4 Å². The van der Waals surface area contributed by atoms with Gasteiger partial charge in [0.15, 0.2) is 11.6 Å². The Bertz CT molecular complexity index is 1550. The molecule has 176 valence electrons. The Balaban J connectivity index is 1.41. The molecule has 0 unspecified atom stereocenters. The lowest BCUT2D eigenvalue weighted by molar-refractivity contribution is -0.745. The van der Waals surface area contributed by atoms with Gasteiger partial charge in [0.1, 0.15) is 23.1 Å². The summed E-state index contributed by atoms with van der Waals surface area (Å²) in [6.45, 7) is 0.263. The van der Waals surface area contributed by atoms with Crippen molar-refractivity contribution in [1.82, 2.24) is 20.1 Å². The van der Waals surface area contributed by atoms with Crippen LogP contribution in [0, 0.1) is 11.6 Å². The summed E-state index contributed by atoms with van der Waals surface area (Å²) in [5, 5.41) is 4.24. The van der Waals surface area contributed by atoms with E-state index in [1.807, 2.05) is 0 Å². The molecule has 0 aliphatic rings. The maximum Gasteiger partial charge on any atom is 0.417 e. The van der Waals surface area contributed by atoms with E-state index in [9.17, 15) is 22.0 Å². The van der Waals surface area contributed by atoms with E-state index in [-0.39, 0.29) is 34.2 Å². The van der Waals surface area contributed by atoms with E-state index >= 15 is 0 Å². The third-order valence-electron chi connectivity index (χ3n) is 5.31. The number of aromatic nitrogens is 5. The van der Waals surface area contributed by atoms with E-state index in [0.717, 1.165) is 12.1 Å². The second-order valence-corrected chi connectivity index (χ2v) is 8.13. The summed E-state index contributed by atoms with van der Waals surface area (Å²) in [5.41, 5.74) is 0.889. The van der Waals surface area contributed by atoms with Gasteiger partial charge in [-0.25, -0.2) is 13.8 Å². The standard InChI is InChI=1S/C24H13ClF5N5/c25-14-5-6-15(17(8-14)24(28,29)30)19-7-4-13(9-31-19)11-35-12-21-20(10-32-35)33-23(34-21)16-2-1-3-18(26)22(16)27/h1-10,12H,11H2/p+1. The van der Waals surface area contributed by atoms with Crippen LogP contribution in [0.3, 0.4) is 0 Å². The number of nitrogens with zero attached hydrogens (tertiary/aromatic N) is 4. The molecule has 11 heteroatoms. The normalized spacial score (nSPS) is 11.8. The summed E-state index contributed by atoms with van der Waals surface area (Å²) >= 11 is 5.75. The van der Waals surface area contributed by atoms with Gasteiger partial charge in [-0.15, -0.1) is 0 Å². The number of nitrogens with one attached hydrogen (secondary N) is 1. The molecule has 0 amide bonds. The number of hydrogen-bond acceptors (Lipinski definition) is 3. The van der Waals surface area contributed by atoms with Gasteiger partial charge in [0.05, 0.1) is 16.8 Å². The Morgan fingerprint density at radius 1 is 0.971 bits per heavy atom. The predicted octanol–water partition coefficient (Wildman–Crippen LogP) is 5.97. The number of rotatable bonds is 4. The molecule has 2 aromatic carbocycles. The summed E-state index contributed by atoms with van der Waals surface area (Å²) < 4.78 is 69.5. The van der Waals surface area contributed by atoms with Crippen molar-refractivity contribution < 1.29 is 26.6 Å². The third-order valence-corrected chi connectivity index (χ3v) is 5.54. The van der Waals surface area contributed by atoms with Crippen LogP contribution in [-0.2, 0) is 12.7 Å². The summed E-state index contributed by atoms with van der Waals surface area (Å²) in [5.74, 6) is -1.83. The van der Waals surface area contributed by atoms with Crippen LogP contribution in [0.25, 0.3) is 33.7 Å². The molecule has 0 spiro atoms. The highest BCUT2D eigenvalue weighted by Gasteiger charge is 2.34. The predicted molar refractivity (Wildman–Crippen MR) is 118 cm³/mol. The Hall–Kier alpha value is -3.92. The fourth-order valence-corrected chi connectivity index (χ4v) is 3.82. The molecule has 1 N–H and O–H groups in total. The highest BCUT2D eigenvalue weighted by Crippen LogP contribution is 2.38. The lowest BCUT2D eigenvalue weighted by atomic mass is 10.0. The van der Waals surface area contributed by atoms with E-state index in [1.54, 1.807) is 16.9 Å². The number of fused-ring (bicyclic) bond motifs is 1. The zero-order valence-corrected chi connectivity index (χ0v) is 18.4. The van der Waals surface area contributed by atoms with Crippen molar-refractivity contribution in [2.24, 2.45) is 0 Å². The molecule has 5 aromatic rings. The van der Waals surface area contributed by atoms with Gasteiger partial charge in [0.25, 0.3) is 0 Å². The molecule has 0 atom stereocenters. The second kappa shape index (κ2) is 8.70. The van der Waals surface area contributed by atoms with Crippen LogP contribution in [0.15, 0.2) is 67.1 Å². The summed E-state index contributed by atoms with van der Waals surface area (Å²) in [6, 6.07) is 10.5. The summed E-state index contributed by atoms with van der Waals surface area (Å²) in [6.07, 6.45) is -0.00777. The van der Waals surface area contributed by atoms with Crippen molar-refractivity contribution in [3.8, 4) is 22.6 Å². The first-order chi connectivity index (χ1) is 16.7. The van der Waals surface area contributed by atoms with E-state index in [0.29, 0.717) is 16.6 Å². The molecule has 5 rings (SSSR count). The summed E-state index contributed by atoms with van der Waals surface area (Å²) in [7, 11) is 0. The number of imidazole rings is 1. The molecule has 0 aliphatic carbocycles. The zero-order chi connectivity index (χ0) is 24.7. The second-order valence-electron chi connectivity index (χ2n) is 7.70. The number of H-pyrrole nitrogens is 1. The van der Waals surface area contributed by atoms with Crippen LogP contribution >= 0.6 is 11.6 Å². The van der Waals surface area contributed by atoms with Gasteiger partial charge in [-0.2, -0.15) is 13.2 Å². The number of halogens is 6. The minimum absolute atomic E-state index is 0.00651. The highest BCUT2D eigenvalue weighted by atomic mass is 35.5. The first-order valence-electron chi connectivity index (χ1n) is 10.2. The third kappa shape index (κ3) is 4.57. The van der Waals surface area contributed by atoms with Crippen LogP contribution in [0.2, 0.25) is 5.02 Å². The Morgan fingerprint density at radius 2 is 1.80 bits per heavy atom. The van der Waals surface area contributed by atoms with Crippen molar-refractivity contribution in [3.05, 3.63) is 94.9 Å². The molecule has 0 saturated carbocycles. The van der Waals surface area contributed by atoms with Crippen molar-refractivity contribution in [2.75, 3.05) is 0 Å². The van der Waals surface area contributed by atoms with Crippen LogP contribution in [0.1, 0.15) is 11.1 Å². The van der Waals surface area contributed by atoms with Gasteiger partial charge in [0, 0.05) is 22.3 Å². The molecule has 3 aromatic heterocycles. The molecule has 0 bridgehead atoms. The lowest BCUT2D eigenvalue weighted by Crippen LogP contribution is -2.37. The maximum atomic E-state index is 14.1. The van der Waals surface area contributed by atoms with Crippen LogP contribution in [0.4, 0.5) is 22.0 Å². The van der Waals surface area contributed by atoms with Crippen LogP contribution in [0.5, 0.6) is 0 Å². The number of benzene rings is 2. The van der Waals surface area contributed by atoms with Gasteiger partial charge >= 0.3 is 6.18 Å². The zero-order valence-electron chi connectivity index (χ0n) is 17.6. The SMILES string of the molecule is Fc1cccc(-c2nc3cn[n+](Cc4ccc(-c5ccc(Cl)cc5C(F)(F)F)nc4)cc3[nH]2)c1F. The molecule has 0 fully saturated rings. The number of aromatic amines is 1. The molecule has 0 saturated heterocycles. The monoisotopic (exact) mass is 502 g/mol. The molecular weight excluding hydrogens is 489 g/mol. The van der Waals surface area contributed by atoms with E-state index in [4.69, 9.17) is 11.6 Å². The summed E-state index contributed by atoms with van der Waals surface area (Å²) in [4.78, 5) is 11.4. The fourth-order valence-electron chi connectivity index (χ4n) is 3.65. The van der Waals surface area contributed by atoms with E-state index in [2.05, 4.69) is 20.1 Å². The molecule has 0 aliphatic heterocycles. The molecular formula is C24H14ClF5N5+. The molecule has 35 heavy (non-hydrogen) atoms. The van der Waals surface area contributed by atoms with Gasteiger partial charge in [-0.3, -0.25) is 4.98 Å². The van der Waals surface area contributed by atoms with Crippen molar-refractivity contribution in [3.63, 3.8) is 0 Å². The minimum Gasteiger partial charge on any atom is -0.333 e. The van der Waals surface area contributed by atoms with Crippen molar-refractivity contribution in [2.45, 2.75) is 12.7 Å². The average Bonchev–Trinajstić information content (AvgIpc) is 3.24. The quantitative estimate of drug-likeness (QED) is 0.243. The van der Waals surface area contributed by atoms with Gasteiger partial charge in [-0.05, 0) is 41.5 Å². The molecule has 0 radical (unpaired) electrons. The smallest absolute Gasteiger partial charge is 0.333 e. The highest BCUT2D eigenvalue weighted by molar-refractivity contribution is 6.30. The Kier molecular flexibility index (Phi) is 5.68. The molecule has 3 heterocycles. The first kappa shape index (κ1) is 22.9. The van der Waals surface area contributed by atoms with Crippen molar-refractivity contribution >= 4 is 22.6 Å². The minimum atomic E-state index is -4.58. The van der Waals surface area contributed by atoms with Gasteiger partial charge in [0.2, 0.25) is 12.7 Å². The number of hydrogen-bond donors (Lipinski definition) is 1. The van der Waals surface area contributed by atoms with Gasteiger partial charge in [-0.1, -0.05) is 28.4 Å². The largest absolute Gasteiger partial charge is 0.417 e. The average molecular weight is 503 g/mol. The molecule has 5 nitrogen and oxygen atoms in total. The lowest BCUT2D eigenvalue weighted by Gasteiger charge is -2.13. The van der Waals surface area contributed by atoms with Crippen molar-refractivity contribution in [1.29, 1.82) is 0 Å². The Morgan fingerprint density at radius 3 is 2.54 bits per heavy atom.